The molecule has 2 nitrogen and oxygen atoms in total. The van der Waals surface area contributed by atoms with Gasteiger partial charge in [0.25, 0.3) is 0 Å². The third-order valence-corrected chi connectivity index (χ3v) is 3.43. The van der Waals surface area contributed by atoms with E-state index in [1.54, 1.807) is 0 Å². The molecule has 0 aromatic carbocycles. The van der Waals surface area contributed by atoms with E-state index in [4.69, 9.17) is 0 Å². The van der Waals surface area contributed by atoms with Crippen molar-refractivity contribution in [2.75, 3.05) is 12.8 Å². The summed E-state index contributed by atoms with van der Waals surface area (Å²) in [5.41, 5.74) is -3.00. The first-order valence-corrected chi connectivity index (χ1v) is 6.98. The van der Waals surface area contributed by atoms with Gasteiger partial charge in [-0.15, -0.1) is 0 Å². The van der Waals surface area contributed by atoms with Gasteiger partial charge < -0.3 is 9.88 Å². The maximum atomic E-state index is 12.0. The largest absolute Gasteiger partial charge is 0.441 e. The van der Waals surface area contributed by atoms with Crippen molar-refractivity contribution in [1.29, 1.82) is 0 Å². The summed E-state index contributed by atoms with van der Waals surface area (Å²) in [6.07, 6.45) is 5.86. The Hall–Kier alpha value is -0.620. The fraction of sp³-hybridized carbons (Fsp3) is 0.667. The predicted octanol–water partition coefficient (Wildman–Crippen LogP) is 3.80. The number of hydrogen-bond acceptors (Lipinski definition) is 2. The zero-order chi connectivity index (χ0) is 13.6. The Morgan fingerprint density at radius 3 is 2.72 bits per heavy atom. The van der Waals surface area contributed by atoms with E-state index in [2.05, 4.69) is 12.2 Å². The number of nitrogens with one attached hydrogen (secondary N) is 1. The van der Waals surface area contributed by atoms with Gasteiger partial charge in [-0.05, 0) is 36.9 Å². The van der Waals surface area contributed by atoms with Crippen LogP contribution in [0.15, 0.2) is 18.5 Å². The predicted molar refractivity (Wildman–Crippen MR) is 69.7 cm³/mol. The zero-order valence-electron chi connectivity index (χ0n) is 10.6. The molecule has 6 heteroatoms. The molecule has 0 amide bonds. The summed E-state index contributed by atoms with van der Waals surface area (Å²) >= 11 is 0.0256. The lowest BCUT2D eigenvalue weighted by Crippen LogP contribution is -2.15. The molecule has 104 valence electrons. The quantitative estimate of drug-likeness (QED) is 0.818. The van der Waals surface area contributed by atoms with Gasteiger partial charge in [0.15, 0.2) is 0 Å². The topological polar surface area (TPSA) is 17.0 Å². The number of rotatable bonds is 7. The van der Waals surface area contributed by atoms with Crippen molar-refractivity contribution in [1.82, 2.24) is 9.88 Å². The fourth-order valence-corrected chi connectivity index (χ4v) is 2.37. The van der Waals surface area contributed by atoms with Crippen molar-refractivity contribution in [2.45, 2.75) is 37.9 Å². The van der Waals surface area contributed by atoms with Crippen LogP contribution >= 0.6 is 11.8 Å². The van der Waals surface area contributed by atoms with Crippen LogP contribution in [0.1, 0.15) is 31.4 Å². The molecule has 18 heavy (non-hydrogen) atoms. The minimum atomic E-state index is -4.13. The molecule has 1 aromatic rings. The molecule has 1 N–H and O–H groups in total. The molecular formula is C12H19F3N2S. The minimum Gasteiger partial charge on any atom is -0.353 e. The van der Waals surface area contributed by atoms with Crippen molar-refractivity contribution in [3.63, 3.8) is 0 Å². The van der Waals surface area contributed by atoms with Crippen LogP contribution in [0.4, 0.5) is 13.2 Å². The molecule has 0 saturated heterocycles. The normalized spacial score (nSPS) is 13.8. The number of aromatic nitrogens is 1. The smallest absolute Gasteiger partial charge is 0.353 e. The van der Waals surface area contributed by atoms with Crippen molar-refractivity contribution in [3.05, 3.63) is 24.0 Å². The Kier molecular flexibility index (Phi) is 6.08. The van der Waals surface area contributed by atoms with Gasteiger partial charge in [0, 0.05) is 30.7 Å². The van der Waals surface area contributed by atoms with Crippen LogP contribution in [-0.4, -0.2) is 22.9 Å². The van der Waals surface area contributed by atoms with Crippen LogP contribution < -0.4 is 5.32 Å². The summed E-state index contributed by atoms with van der Waals surface area (Å²) in [6.45, 7) is 2.49. The Morgan fingerprint density at radius 2 is 2.17 bits per heavy atom. The molecule has 0 spiro atoms. The molecule has 1 atom stereocenters. The number of hydrogen-bond donors (Lipinski definition) is 1. The summed E-state index contributed by atoms with van der Waals surface area (Å²) in [5.74, 6) is 0.0512. The molecule has 0 fully saturated rings. The Bertz CT molecular complexity index is 349. The minimum absolute atomic E-state index is 0.0256. The molecule has 0 aliphatic carbocycles. The highest BCUT2D eigenvalue weighted by atomic mass is 32.2. The number of aryl methyl sites for hydroxylation is 1. The summed E-state index contributed by atoms with van der Waals surface area (Å²) in [7, 11) is 1.90. The fourth-order valence-electron chi connectivity index (χ4n) is 1.84. The number of nitrogens with zero attached hydrogens (tertiary/aromatic N) is 1. The Balaban J connectivity index is 2.47. The average molecular weight is 280 g/mol. The first-order chi connectivity index (χ1) is 8.46. The van der Waals surface area contributed by atoms with Crippen molar-refractivity contribution in [2.24, 2.45) is 0 Å². The van der Waals surface area contributed by atoms with E-state index in [0.717, 1.165) is 18.4 Å². The molecule has 0 radical (unpaired) electrons. The second-order valence-electron chi connectivity index (χ2n) is 4.11. The third kappa shape index (κ3) is 5.35. The van der Waals surface area contributed by atoms with Crippen molar-refractivity contribution >= 4 is 11.8 Å². The van der Waals surface area contributed by atoms with E-state index in [1.165, 1.54) is 0 Å². The molecule has 0 bridgehead atoms. The van der Waals surface area contributed by atoms with Crippen LogP contribution in [-0.2, 0) is 6.54 Å². The monoisotopic (exact) mass is 280 g/mol. The first-order valence-electron chi connectivity index (χ1n) is 6.00. The lowest BCUT2D eigenvalue weighted by atomic mass is 10.1. The molecule has 1 aromatic heterocycles. The van der Waals surface area contributed by atoms with Gasteiger partial charge in [0.2, 0.25) is 0 Å². The van der Waals surface area contributed by atoms with E-state index < -0.39 is 5.51 Å². The first kappa shape index (κ1) is 15.4. The van der Waals surface area contributed by atoms with E-state index in [9.17, 15) is 13.2 Å². The highest BCUT2D eigenvalue weighted by Crippen LogP contribution is 2.30. The van der Waals surface area contributed by atoms with Gasteiger partial charge in [0.05, 0.1) is 0 Å². The molecule has 1 rings (SSSR count). The van der Waals surface area contributed by atoms with Crippen molar-refractivity contribution < 1.29 is 13.2 Å². The van der Waals surface area contributed by atoms with Gasteiger partial charge in [-0.1, -0.05) is 13.3 Å². The third-order valence-electron chi connectivity index (χ3n) is 2.72. The van der Waals surface area contributed by atoms with Crippen LogP contribution in [0.5, 0.6) is 0 Å². The maximum Gasteiger partial charge on any atom is 0.441 e. The van der Waals surface area contributed by atoms with Gasteiger partial charge in [-0.3, -0.25) is 0 Å². The second kappa shape index (κ2) is 7.09. The number of alkyl halides is 3. The van der Waals surface area contributed by atoms with Crippen molar-refractivity contribution in [3.8, 4) is 0 Å². The molecule has 0 saturated carbocycles. The van der Waals surface area contributed by atoms with Gasteiger partial charge >= 0.3 is 5.51 Å². The number of thioether (sulfide) groups is 1. The SMILES string of the molecule is CCCC(NC)c1ccn(CCSC(F)(F)F)c1. The van der Waals surface area contributed by atoms with E-state index >= 15 is 0 Å². The molecule has 1 unspecified atom stereocenters. The zero-order valence-corrected chi connectivity index (χ0v) is 11.4. The summed E-state index contributed by atoms with van der Waals surface area (Å²) in [5, 5.41) is 3.21. The second-order valence-corrected chi connectivity index (χ2v) is 5.27. The Morgan fingerprint density at radius 1 is 1.44 bits per heavy atom. The summed E-state index contributed by atoms with van der Waals surface area (Å²) in [6, 6.07) is 2.25. The van der Waals surface area contributed by atoms with E-state index in [-0.39, 0.29) is 23.6 Å². The standard InChI is InChI=1S/C12H19F3N2S/c1-3-4-11(16-2)10-5-6-17(9-10)7-8-18-12(13,14)15/h5-6,9,11,16H,3-4,7-8H2,1-2H3. The van der Waals surface area contributed by atoms with E-state index in [1.807, 2.05) is 30.1 Å². The molecule has 0 aliphatic heterocycles. The number of halogens is 3. The summed E-state index contributed by atoms with van der Waals surface area (Å²) < 4.78 is 37.8. The van der Waals surface area contributed by atoms with Gasteiger partial charge in [-0.25, -0.2) is 0 Å². The molecule has 1 heterocycles. The van der Waals surface area contributed by atoms with Crippen LogP contribution in [0.3, 0.4) is 0 Å². The maximum absolute atomic E-state index is 12.0. The lowest BCUT2D eigenvalue weighted by molar-refractivity contribution is -0.0328. The Labute approximate surface area is 110 Å². The van der Waals surface area contributed by atoms with Crippen LogP contribution in [0.25, 0.3) is 0 Å². The van der Waals surface area contributed by atoms with Gasteiger partial charge in [0.1, 0.15) is 0 Å². The van der Waals surface area contributed by atoms with E-state index in [0.29, 0.717) is 6.54 Å². The summed E-state index contributed by atoms with van der Waals surface area (Å²) in [4.78, 5) is 0. The van der Waals surface area contributed by atoms with Crippen LogP contribution in [0, 0.1) is 0 Å². The average Bonchev–Trinajstić information content (AvgIpc) is 2.72. The molecule has 0 aliphatic rings. The van der Waals surface area contributed by atoms with Crippen LogP contribution in [0.2, 0.25) is 0 Å². The lowest BCUT2D eigenvalue weighted by Gasteiger charge is -2.13. The molecular weight excluding hydrogens is 261 g/mol. The highest BCUT2D eigenvalue weighted by molar-refractivity contribution is 8.00. The van der Waals surface area contributed by atoms with Gasteiger partial charge in [-0.2, -0.15) is 13.2 Å². The highest BCUT2D eigenvalue weighted by Gasteiger charge is 2.27.